The first-order valence-corrected chi connectivity index (χ1v) is 5.60. The lowest BCUT2D eigenvalue weighted by molar-refractivity contribution is -0.141. The molecular formula is C13H8F6N2. The van der Waals surface area contributed by atoms with Gasteiger partial charge in [0.25, 0.3) is 0 Å². The van der Waals surface area contributed by atoms with Crippen molar-refractivity contribution >= 4 is 5.82 Å². The van der Waals surface area contributed by atoms with Gasteiger partial charge in [0.2, 0.25) is 0 Å². The summed E-state index contributed by atoms with van der Waals surface area (Å²) in [5, 5.41) is 0. The van der Waals surface area contributed by atoms with E-state index in [1.54, 1.807) is 0 Å². The van der Waals surface area contributed by atoms with Gasteiger partial charge in [-0.15, -0.1) is 0 Å². The largest absolute Gasteiger partial charge is 0.433 e. The van der Waals surface area contributed by atoms with Crippen LogP contribution in [0.1, 0.15) is 11.3 Å². The minimum Gasteiger partial charge on any atom is -0.383 e. The Labute approximate surface area is 115 Å². The highest BCUT2D eigenvalue weighted by Gasteiger charge is 2.33. The van der Waals surface area contributed by atoms with Crippen LogP contribution in [0, 0.1) is 0 Å². The predicted molar refractivity (Wildman–Crippen MR) is 64.1 cm³/mol. The van der Waals surface area contributed by atoms with E-state index < -0.39 is 29.4 Å². The van der Waals surface area contributed by atoms with Gasteiger partial charge in [-0.3, -0.25) is 0 Å². The fourth-order valence-corrected chi connectivity index (χ4v) is 1.72. The SMILES string of the molecule is Nc1nc(C(F)(F)F)ccc1-c1ccc(C(F)(F)F)cc1. The molecule has 8 heteroatoms. The third-order valence-electron chi connectivity index (χ3n) is 2.74. The van der Waals surface area contributed by atoms with Gasteiger partial charge in [-0.1, -0.05) is 12.1 Å². The molecule has 0 spiro atoms. The Morgan fingerprint density at radius 2 is 1.33 bits per heavy atom. The molecule has 2 rings (SSSR count). The number of halogens is 6. The molecule has 21 heavy (non-hydrogen) atoms. The van der Waals surface area contributed by atoms with Gasteiger partial charge in [-0.2, -0.15) is 26.3 Å². The van der Waals surface area contributed by atoms with E-state index in [-0.39, 0.29) is 11.1 Å². The minimum atomic E-state index is -4.63. The van der Waals surface area contributed by atoms with E-state index in [4.69, 9.17) is 5.73 Å². The molecule has 0 bridgehead atoms. The van der Waals surface area contributed by atoms with Crippen molar-refractivity contribution < 1.29 is 26.3 Å². The molecule has 0 atom stereocenters. The highest BCUT2D eigenvalue weighted by molar-refractivity contribution is 5.74. The number of rotatable bonds is 1. The highest BCUT2D eigenvalue weighted by Crippen LogP contribution is 2.34. The second-order valence-electron chi connectivity index (χ2n) is 4.20. The molecule has 112 valence electrons. The fourth-order valence-electron chi connectivity index (χ4n) is 1.72. The van der Waals surface area contributed by atoms with Crippen molar-refractivity contribution in [3.63, 3.8) is 0 Å². The summed E-state index contributed by atoms with van der Waals surface area (Å²) in [6.07, 6.45) is -9.12. The van der Waals surface area contributed by atoms with Crippen molar-refractivity contribution in [2.24, 2.45) is 0 Å². The average molecular weight is 306 g/mol. The summed E-state index contributed by atoms with van der Waals surface area (Å²) in [6.45, 7) is 0. The van der Waals surface area contributed by atoms with Gasteiger partial charge in [0.15, 0.2) is 0 Å². The predicted octanol–water partition coefficient (Wildman–Crippen LogP) is 4.37. The molecule has 2 nitrogen and oxygen atoms in total. The van der Waals surface area contributed by atoms with E-state index in [0.29, 0.717) is 0 Å². The smallest absolute Gasteiger partial charge is 0.383 e. The number of nitrogens with zero attached hydrogens (tertiary/aromatic N) is 1. The first-order valence-electron chi connectivity index (χ1n) is 5.60. The Morgan fingerprint density at radius 1 is 0.762 bits per heavy atom. The molecule has 2 aromatic rings. The van der Waals surface area contributed by atoms with Gasteiger partial charge in [0, 0.05) is 5.56 Å². The summed E-state index contributed by atoms with van der Waals surface area (Å²) in [5.74, 6) is -0.399. The molecule has 0 saturated carbocycles. The van der Waals surface area contributed by atoms with E-state index in [2.05, 4.69) is 4.98 Å². The van der Waals surface area contributed by atoms with E-state index in [9.17, 15) is 26.3 Å². The van der Waals surface area contributed by atoms with E-state index in [1.165, 1.54) is 0 Å². The van der Waals surface area contributed by atoms with Crippen LogP contribution < -0.4 is 5.73 Å². The summed E-state index contributed by atoms with van der Waals surface area (Å²) in [5.41, 5.74) is 3.81. The Hall–Kier alpha value is -2.25. The molecule has 0 aliphatic rings. The summed E-state index contributed by atoms with van der Waals surface area (Å²) in [7, 11) is 0. The summed E-state index contributed by atoms with van der Waals surface area (Å²) in [4.78, 5) is 3.22. The lowest BCUT2D eigenvalue weighted by atomic mass is 10.0. The second kappa shape index (κ2) is 4.94. The maximum atomic E-state index is 12.4. The molecule has 0 aliphatic carbocycles. The van der Waals surface area contributed by atoms with Crippen LogP contribution in [0.4, 0.5) is 32.2 Å². The van der Waals surface area contributed by atoms with Crippen LogP contribution in [0.3, 0.4) is 0 Å². The number of benzene rings is 1. The number of nitrogen functional groups attached to an aromatic ring is 1. The first-order chi connectivity index (χ1) is 9.59. The molecule has 0 fully saturated rings. The number of anilines is 1. The molecule has 1 aromatic carbocycles. The number of pyridine rings is 1. The van der Waals surface area contributed by atoms with Crippen molar-refractivity contribution in [2.45, 2.75) is 12.4 Å². The van der Waals surface area contributed by atoms with Crippen molar-refractivity contribution in [2.75, 3.05) is 5.73 Å². The maximum absolute atomic E-state index is 12.4. The highest BCUT2D eigenvalue weighted by atomic mass is 19.4. The van der Waals surface area contributed by atoms with Crippen LogP contribution in [0.5, 0.6) is 0 Å². The van der Waals surface area contributed by atoms with Crippen LogP contribution in [0.2, 0.25) is 0 Å². The lowest BCUT2D eigenvalue weighted by Gasteiger charge is -2.11. The lowest BCUT2D eigenvalue weighted by Crippen LogP contribution is -2.10. The van der Waals surface area contributed by atoms with Gasteiger partial charge < -0.3 is 5.73 Å². The number of alkyl halides is 6. The summed E-state index contributed by atoms with van der Waals surface area (Å²) in [6, 6.07) is 5.71. The molecule has 0 radical (unpaired) electrons. The fraction of sp³-hybridized carbons (Fsp3) is 0.154. The molecule has 1 aromatic heterocycles. The van der Waals surface area contributed by atoms with Crippen molar-refractivity contribution in [3.05, 3.63) is 47.7 Å². The Balaban J connectivity index is 2.39. The normalized spacial score (nSPS) is 12.5. The molecule has 2 N–H and O–H groups in total. The molecular weight excluding hydrogens is 298 g/mol. The maximum Gasteiger partial charge on any atom is 0.433 e. The summed E-state index contributed by atoms with van der Waals surface area (Å²) >= 11 is 0. The van der Waals surface area contributed by atoms with Crippen molar-refractivity contribution in [1.29, 1.82) is 0 Å². The van der Waals surface area contributed by atoms with Crippen LogP contribution in [-0.4, -0.2) is 4.98 Å². The van der Waals surface area contributed by atoms with Gasteiger partial charge in [0.1, 0.15) is 11.5 Å². The molecule has 0 unspecified atom stereocenters. The standard InChI is InChI=1S/C13H8F6N2/c14-12(15,16)8-3-1-7(2-4-8)9-5-6-10(13(17,18)19)21-11(9)20/h1-6H,(H2,20,21). The van der Waals surface area contributed by atoms with Crippen LogP contribution in [0.25, 0.3) is 11.1 Å². The Kier molecular flexibility index (Phi) is 3.56. The number of nitrogens with two attached hydrogens (primary N) is 1. The zero-order valence-corrected chi connectivity index (χ0v) is 10.3. The third kappa shape index (κ3) is 3.26. The Morgan fingerprint density at radius 3 is 1.76 bits per heavy atom. The van der Waals surface area contributed by atoms with Crippen LogP contribution >= 0.6 is 0 Å². The minimum absolute atomic E-state index is 0.136. The van der Waals surface area contributed by atoms with Gasteiger partial charge in [-0.05, 0) is 29.8 Å². The quantitative estimate of drug-likeness (QED) is 0.795. The van der Waals surface area contributed by atoms with Gasteiger partial charge in [0.05, 0.1) is 5.56 Å². The van der Waals surface area contributed by atoms with Crippen LogP contribution in [-0.2, 0) is 12.4 Å². The van der Waals surface area contributed by atoms with E-state index >= 15 is 0 Å². The number of hydrogen-bond donors (Lipinski definition) is 1. The number of hydrogen-bond acceptors (Lipinski definition) is 2. The molecule has 1 heterocycles. The zero-order chi connectivity index (χ0) is 15.8. The topological polar surface area (TPSA) is 38.9 Å². The number of aromatic nitrogens is 1. The average Bonchev–Trinajstić information content (AvgIpc) is 2.36. The third-order valence-corrected chi connectivity index (χ3v) is 2.74. The van der Waals surface area contributed by atoms with Gasteiger partial charge in [-0.25, -0.2) is 4.98 Å². The van der Waals surface area contributed by atoms with Crippen LogP contribution in [0.15, 0.2) is 36.4 Å². The summed E-state index contributed by atoms with van der Waals surface area (Å²) < 4.78 is 74.6. The van der Waals surface area contributed by atoms with E-state index in [1.807, 2.05) is 0 Å². The molecule has 0 amide bonds. The second-order valence-corrected chi connectivity index (χ2v) is 4.20. The molecule has 0 saturated heterocycles. The zero-order valence-electron chi connectivity index (χ0n) is 10.3. The molecule has 0 aliphatic heterocycles. The first kappa shape index (κ1) is 15.1. The van der Waals surface area contributed by atoms with Gasteiger partial charge >= 0.3 is 12.4 Å². The van der Waals surface area contributed by atoms with Crippen molar-refractivity contribution in [3.8, 4) is 11.1 Å². The van der Waals surface area contributed by atoms with E-state index in [0.717, 1.165) is 36.4 Å². The van der Waals surface area contributed by atoms with Crippen molar-refractivity contribution in [1.82, 2.24) is 4.98 Å². The monoisotopic (exact) mass is 306 g/mol. The Bertz CT molecular complexity index is 643.